The van der Waals surface area contributed by atoms with Crippen molar-refractivity contribution in [1.82, 2.24) is 0 Å². The first-order valence-electron chi connectivity index (χ1n) is 8.86. The van der Waals surface area contributed by atoms with Gasteiger partial charge in [-0.2, -0.15) is 0 Å². The molecule has 0 N–H and O–H groups in total. The van der Waals surface area contributed by atoms with Crippen molar-refractivity contribution in [2.75, 3.05) is 19.8 Å². The summed E-state index contributed by atoms with van der Waals surface area (Å²) in [4.78, 5) is 0. The molecule has 0 aliphatic carbocycles. The number of phosphoric acid groups is 1. The Bertz CT molecular complexity index is 420. The van der Waals surface area contributed by atoms with Crippen molar-refractivity contribution in [2.24, 2.45) is 0 Å². The van der Waals surface area contributed by atoms with Gasteiger partial charge in [-0.3, -0.25) is 13.6 Å². The van der Waals surface area contributed by atoms with E-state index in [0.29, 0.717) is 57.8 Å². The Balaban J connectivity index is 4.35. The van der Waals surface area contributed by atoms with Crippen molar-refractivity contribution >= 4 is 125 Å². The van der Waals surface area contributed by atoms with Crippen molar-refractivity contribution in [3.8, 4) is 0 Å². The van der Waals surface area contributed by atoms with Gasteiger partial charge in [-0.25, -0.2) is 4.57 Å². The first-order chi connectivity index (χ1) is 13.1. The largest absolute Gasteiger partial charge is 0.474 e. The third kappa shape index (κ3) is 24.2. The zero-order valence-corrected chi connectivity index (χ0v) is 25.7. The zero-order valence-electron chi connectivity index (χ0n) is 15.5. The van der Waals surface area contributed by atoms with Crippen LogP contribution in [0.3, 0.4) is 0 Å². The molecule has 0 atom stereocenters. The van der Waals surface area contributed by atoms with Gasteiger partial charge < -0.3 is 0 Å². The summed E-state index contributed by atoms with van der Waals surface area (Å²) in [5.41, 5.74) is 0. The highest BCUT2D eigenvalue weighted by Gasteiger charge is 2.27. The highest BCUT2D eigenvalue weighted by atomic mass is 79.9. The lowest BCUT2D eigenvalue weighted by molar-refractivity contribution is 0.109. The summed E-state index contributed by atoms with van der Waals surface area (Å²) >= 11 is 44.5. The van der Waals surface area contributed by atoms with Crippen molar-refractivity contribution in [2.45, 2.75) is 67.5 Å². The molecule has 0 aromatic rings. The van der Waals surface area contributed by atoms with Crippen molar-refractivity contribution in [1.29, 1.82) is 0 Å². The molecule has 0 radical (unpaired) electrons. The maximum atomic E-state index is 12.8. The van der Waals surface area contributed by atoms with E-state index in [4.69, 9.17) is 83.2 Å². The SMILES string of the molecule is O=P(OCCCCC(Cl)(Cl)Br)(OCCCCC(Cl)(Cl)Br)OCCCCC(Cl)(Cl)Br. The summed E-state index contributed by atoms with van der Waals surface area (Å²) in [5, 5.41) is 0. The van der Waals surface area contributed by atoms with Gasteiger partial charge in [0.15, 0.2) is 9.73 Å². The lowest BCUT2D eigenvalue weighted by Gasteiger charge is -2.19. The van der Waals surface area contributed by atoms with Crippen molar-refractivity contribution in [3.63, 3.8) is 0 Å². The molecule has 0 amide bonds. The minimum absolute atomic E-state index is 0.190. The van der Waals surface area contributed by atoms with Gasteiger partial charge in [0, 0.05) is 0 Å². The molecule has 0 aliphatic heterocycles. The molecule has 0 aromatic carbocycles. The van der Waals surface area contributed by atoms with Gasteiger partial charge in [-0.1, -0.05) is 69.6 Å². The second-order valence-electron chi connectivity index (χ2n) is 6.16. The Morgan fingerprint density at radius 1 is 0.552 bits per heavy atom. The fourth-order valence-electron chi connectivity index (χ4n) is 1.92. The van der Waals surface area contributed by atoms with Crippen LogP contribution >= 0.6 is 125 Å². The topological polar surface area (TPSA) is 44.8 Å². The normalized spacial score (nSPS) is 13.8. The molecular formula is C15H24Br3Cl6O4P. The molecule has 0 bridgehead atoms. The van der Waals surface area contributed by atoms with Gasteiger partial charge in [0.05, 0.1) is 19.8 Å². The maximum absolute atomic E-state index is 12.8. The van der Waals surface area contributed by atoms with Crippen molar-refractivity contribution in [3.05, 3.63) is 0 Å². The molecule has 0 heterocycles. The van der Waals surface area contributed by atoms with Crippen LogP contribution in [-0.2, 0) is 18.1 Å². The molecule has 0 unspecified atom stereocenters. The van der Waals surface area contributed by atoms with Crippen LogP contribution in [0.1, 0.15) is 57.8 Å². The summed E-state index contributed by atoms with van der Waals surface area (Å²) in [6, 6.07) is 0. The van der Waals surface area contributed by atoms with E-state index in [0.717, 1.165) is 0 Å². The Labute approximate surface area is 228 Å². The minimum Gasteiger partial charge on any atom is -0.287 e. The molecular weight excluding hydrogens is 728 g/mol. The Morgan fingerprint density at radius 3 is 1.00 bits per heavy atom. The van der Waals surface area contributed by atoms with Gasteiger partial charge in [-0.15, -0.1) is 0 Å². The summed E-state index contributed by atoms with van der Waals surface area (Å²) in [7, 11) is -3.70. The lowest BCUT2D eigenvalue weighted by atomic mass is 10.3. The molecule has 0 fully saturated rings. The van der Waals surface area contributed by atoms with Crippen LogP contribution in [0.25, 0.3) is 0 Å². The van der Waals surface area contributed by atoms with E-state index in [1.165, 1.54) is 0 Å². The van der Waals surface area contributed by atoms with Crippen molar-refractivity contribution < 1.29 is 18.1 Å². The molecule has 0 spiro atoms. The number of rotatable bonds is 18. The average Bonchev–Trinajstić information content (AvgIpc) is 2.50. The number of phosphoric ester groups is 1. The summed E-state index contributed by atoms with van der Waals surface area (Å²) in [5.74, 6) is 0. The first-order valence-corrected chi connectivity index (χ1v) is 15.0. The average molecular weight is 752 g/mol. The molecule has 0 aromatic heterocycles. The van der Waals surface area contributed by atoms with Gasteiger partial charge in [0.1, 0.15) is 0 Å². The second kappa shape index (κ2) is 16.1. The van der Waals surface area contributed by atoms with Gasteiger partial charge >= 0.3 is 7.82 Å². The number of hydrogen-bond donors (Lipinski definition) is 0. The highest BCUT2D eigenvalue weighted by Crippen LogP contribution is 2.50. The number of hydrogen-bond acceptors (Lipinski definition) is 4. The monoisotopic (exact) mass is 746 g/mol. The fraction of sp³-hybridized carbons (Fsp3) is 1.00. The van der Waals surface area contributed by atoms with Crippen LogP contribution in [0.2, 0.25) is 0 Å². The van der Waals surface area contributed by atoms with E-state index in [1.54, 1.807) is 0 Å². The molecule has 29 heavy (non-hydrogen) atoms. The van der Waals surface area contributed by atoms with E-state index in [2.05, 4.69) is 47.8 Å². The van der Waals surface area contributed by atoms with Crippen LogP contribution in [0.4, 0.5) is 0 Å². The molecule has 14 heteroatoms. The minimum atomic E-state index is -3.70. The fourth-order valence-corrected chi connectivity index (χ4v) is 4.85. The van der Waals surface area contributed by atoms with E-state index in [1.807, 2.05) is 0 Å². The highest BCUT2D eigenvalue weighted by molar-refractivity contribution is 9.11. The van der Waals surface area contributed by atoms with E-state index < -0.39 is 17.6 Å². The smallest absolute Gasteiger partial charge is 0.287 e. The Hall–Kier alpha value is 3.29. The van der Waals surface area contributed by atoms with E-state index >= 15 is 0 Å². The molecule has 0 saturated heterocycles. The molecule has 0 rings (SSSR count). The third-order valence-electron chi connectivity index (χ3n) is 3.31. The second-order valence-corrected chi connectivity index (χ2v) is 19.1. The number of unbranched alkanes of at least 4 members (excludes halogenated alkanes) is 3. The molecule has 4 nitrogen and oxygen atoms in total. The number of alkyl halides is 9. The maximum Gasteiger partial charge on any atom is 0.474 e. The van der Waals surface area contributed by atoms with Gasteiger partial charge in [0.25, 0.3) is 0 Å². The van der Waals surface area contributed by atoms with Crippen LogP contribution in [0, 0.1) is 0 Å². The predicted molar refractivity (Wildman–Crippen MR) is 137 cm³/mol. The molecule has 0 aliphatic rings. The molecule has 0 saturated carbocycles. The summed E-state index contributed by atoms with van der Waals surface area (Å²) in [6.07, 6.45) is 5.36. The third-order valence-corrected chi connectivity index (χ3v) is 7.13. The lowest BCUT2D eigenvalue weighted by Crippen LogP contribution is -2.07. The zero-order chi connectivity index (χ0) is 22.6. The van der Waals surface area contributed by atoms with Gasteiger partial charge in [0.2, 0.25) is 0 Å². The van der Waals surface area contributed by atoms with Crippen LogP contribution < -0.4 is 0 Å². The van der Waals surface area contributed by atoms with E-state index in [9.17, 15) is 4.57 Å². The predicted octanol–water partition coefficient (Wildman–Crippen LogP) is 10.2. The van der Waals surface area contributed by atoms with E-state index in [-0.39, 0.29) is 19.8 Å². The first kappa shape index (κ1) is 32.3. The quantitative estimate of drug-likeness (QED) is 0.0795. The Morgan fingerprint density at radius 2 is 0.793 bits per heavy atom. The van der Waals surface area contributed by atoms with Crippen LogP contribution in [-0.4, -0.2) is 29.5 Å². The van der Waals surface area contributed by atoms with Crippen LogP contribution in [0.5, 0.6) is 0 Å². The van der Waals surface area contributed by atoms with Gasteiger partial charge in [-0.05, 0) is 106 Å². The summed E-state index contributed by atoms with van der Waals surface area (Å²) in [6.45, 7) is 0.571. The Kier molecular flexibility index (Phi) is 17.9. The van der Waals surface area contributed by atoms with Crippen LogP contribution in [0.15, 0.2) is 0 Å². The standard InChI is InChI=1S/C15H24Br3Cl6O4P/c16-13(19,20)7-1-4-10-26-29(25,27-11-5-2-8-14(17,21)22)28-12-6-3-9-15(18,23)24/h1-12H2. The number of halogens is 9. The summed E-state index contributed by atoms with van der Waals surface area (Å²) < 4.78 is 26.2. The molecule has 176 valence electrons.